The molecule has 2 unspecified atom stereocenters. The van der Waals surface area contributed by atoms with Crippen LogP contribution in [0.3, 0.4) is 0 Å². The highest BCUT2D eigenvalue weighted by Crippen LogP contribution is 2.51. The molecule has 1 amide bonds. The van der Waals surface area contributed by atoms with Gasteiger partial charge in [-0.1, -0.05) is 18.2 Å². The van der Waals surface area contributed by atoms with Gasteiger partial charge in [0.1, 0.15) is 5.75 Å². The predicted molar refractivity (Wildman–Crippen MR) is 141 cm³/mol. The van der Waals surface area contributed by atoms with Crippen molar-refractivity contribution in [2.45, 2.75) is 24.5 Å². The number of aliphatic hydroxyl groups is 1. The highest BCUT2D eigenvalue weighted by Gasteiger charge is 2.69. The number of ketones is 4. The summed E-state index contributed by atoms with van der Waals surface area (Å²) in [6.45, 7) is 0. The van der Waals surface area contributed by atoms with Gasteiger partial charge < -0.3 is 20.8 Å². The van der Waals surface area contributed by atoms with Crippen LogP contribution in [0.25, 0.3) is 11.1 Å². The minimum Gasteiger partial charge on any atom is -0.507 e. The quantitative estimate of drug-likeness (QED) is 0.479. The van der Waals surface area contributed by atoms with Gasteiger partial charge in [-0.3, -0.25) is 28.9 Å². The fraction of sp³-hybridized carbons (Fsp3) is 0.414. The first-order chi connectivity index (χ1) is 18.3. The fourth-order valence-corrected chi connectivity index (χ4v) is 6.81. The zero-order valence-corrected chi connectivity index (χ0v) is 22.2. The summed E-state index contributed by atoms with van der Waals surface area (Å²) < 4.78 is 0. The van der Waals surface area contributed by atoms with E-state index in [1.54, 1.807) is 20.2 Å². The van der Waals surface area contributed by atoms with E-state index in [0.29, 0.717) is 5.56 Å². The molecule has 2 saturated carbocycles. The first-order valence-corrected chi connectivity index (χ1v) is 12.8. The molecule has 5 rings (SSSR count). The summed E-state index contributed by atoms with van der Waals surface area (Å²) in [5.74, 6) is -10.5. The Bertz CT molecular complexity index is 1430. The fourth-order valence-electron chi connectivity index (χ4n) is 6.81. The van der Waals surface area contributed by atoms with Crippen molar-refractivity contribution in [1.82, 2.24) is 4.90 Å². The number of benzene rings is 2. The number of aromatic hydroxyl groups is 1. The van der Waals surface area contributed by atoms with Crippen molar-refractivity contribution >= 4 is 34.7 Å². The molecule has 2 fully saturated rings. The van der Waals surface area contributed by atoms with Crippen LogP contribution in [0.2, 0.25) is 0 Å². The number of phenols is 1. The van der Waals surface area contributed by atoms with Crippen molar-refractivity contribution < 1.29 is 34.2 Å². The number of amides is 1. The SMILES string of the molecule is CN(C)c1ccc(-c2ccc(O)c3c2C[C@@H]2C[C@@H]4[C@@H](N(C)C)C(=O)C(C(N)=O)C(=O)[C@]4(O)C(=O)C2C3=O)cc1. The van der Waals surface area contributed by atoms with Crippen LogP contribution in [-0.4, -0.2) is 84.0 Å². The number of likely N-dealkylation sites (N-methyl/N-ethyl adjacent to an activating group) is 1. The van der Waals surface area contributed by atoms with Gasteiger partial charge in [0, 0.05) is 25.7 Å². The number of carbonyl (C=O) groups excluding carboxylic acids is 5. The summed E-state index contributed by atoms with van der Waals surface area (Å²) in [6, 6.07) is 9.68. The lowest BCUT2D eigenvalue weighted by molar-refractivity contribution is -0.181. The first kappa shape index (κ1) is 26.7. The molecular formula is C29H31N3O7. The second-order valence-electron chi connectivity index (χ2n) is 11.2. The maximum Gasteiger partial charge on any atom is 0.235 e. The predicted octanol–water partition coefficient (Wildman–Crippen LogP) is 0.600. The topological polar surface area (TPSA) is 158 Å². The van der Waals surface area contributed by atoms with E-state index in [-0.39, 0.29) is 24.2 Å². The highest BCUT2D eigenvalue weighted by atomic mass is 16.3. The molecule has 204 valence electrons. The molecule has 3 aliphatic carbocycles. The summed E-state index contributed by atoms with van der Waals surface area (Å²) in [4.78, 5) is 69.8. The highest BCUT2D eigenvalue weighted by molar-refractivity contribution is 6.32. The van der Waals surface area contributed by atoms with Crippen molar-refractivity contribution in [1.29, 1.82) is 0 Å². The molecule has 0 aromatic heterocycles. The van der Waals surface area contributed by atoms with Gasteiger partial charge in [0.05, 0.1) is 17.5 Å². The number of primary amides is 1. The van der Waals surface area contributed by atoms with Crippen molar-refractivity contribution in [2.24, 2.45) is 29.4 Å². The van der Waals surface area contributed by atoms with E-state index < -0.39 is 64.4 Å². The Labute approximate surface area is 225 Å². The third-order valence-electron chi connectivity index (χ3n) is 8.64. The molecular weight excluding hydrogens is 502 g/mol. The van der Waals surface area contributed by atoms with E-state index in [0.717, 1.165) is 16.8 Å². The van der Waals surface area contributed by atoms with Gasteiger partial charge >= 0.3 is 0 Å². The third-order valence-corrected chi connectivity index (χ3v) is 8.64. The lowest BCUT2D eigenvalue weighted by atomic mass is 9.52. The van der Waals surface area contributed by atoms with Gasteiger partial charge in [-0.25, -0.2) is 0 Å². The zero-order chi connectivity index (χ0) is 28.5. The molecule has 4 N–H and O–H groups in total. The van der Waals surface area contributed by atoms with Crippen LogP contribution >= 0.6 is 0 Å². The van der Waals surface area contributed by atoms with E-state index >= 15 is 0 Å². The number of hydrogen-bond donors (Lipinski definition) is 3. The van der Waals surface area contributed by atoms with E-state index in [1.165, 1.54) is 11.0 Å². The van der Waals surface area contributed by atoms with Crippen LogP contribution in [0.5, 0.6) is 5.75 Å². The normalized spacial score (nSPS) is 30.1. The molecule has 0 saturated heterocycles. The number of nitrogens with zero attached hydrogens (tertiary/aromatic N) is 2. The Morgan fingerprint density at radius 2 is 1.62 bits per heavy atom. The first-order valence-electron chi connectivity index (χ1n) is 12.8. The number of Topliss-reactive ketones (excluding diaryl/α,β-unsaturated/α-hetero) is 4. The van der Waals surface area contributed by atoms with Crippen LogP contribution in [0, 0.1) is 23.7 Å². The number of phenolic OH excluding ortho intramolecular Hbond substituents is 1. The van der Waals surface area contributed by atoms with E-state index in [4.69, 9.17) is 5.73 Å². The second kappa shape index (κ2) is 9.10. The molecule has 0 heterocycles. The smallest absolute Gasteiger partial charge is 0.235 e. The second-order valence-corrected chi connectivity index (χ2v) is 11.2. The summed E-state index contributed by atoms with van der Waals surface area (Å²) >= 11 is 0. The molecule has 3 aliphatic rings. The van der Waals surface area contributed by atoms with Crippen LogP contribution in [0.15, 0.2) is 36.4 Å². The van der Waals surface area contributed by atoms with Gasteiger partial charge in [0.15, 0.2) is 34.7 Å². The van der Waals surface area contributed by atoms with Crippen molar-refractivity contribution in [3.8, 4) is 16.9 Å². The Balaban J connectivity index is 1.63. The van der Waals surface area contributed by atoms with Gasteiger partial charge in [0.25, 0.3) is 0 Å². The van der Waals surface area contributed by atoms with Crippen molar-refractivity contribution in [3.63, 3.8) is 0 Å². The molecule has 0 spiro atoms. The Hall–Kier alpha value is -3.89. The van der Waals surface area contributed by atoms with Gasteiger partial charge in [-0.15, -0.1) is 0 Å². The summed E-state index contributed by atoms with van der Waals surface area (Å²) in [5, 5.41) is 22.4. The largest absolute Gasteiger partial charge is 0.507 e. The Morgan fingerprint density at radius 1 is 0.974 bits per heavy atom. The molecule has 0 aliphatic heterocycles. The number of fused-ring (bicyclic) bond motifs is 3. The van der Waals surface area contributed by atoms with Gasteiger partial charge in [-0.2, -0.15) is 0 Å². The third kappa shape index (κ3) is 3.73. The van der Waals surface area contributed by atoms with Crippen molar-refractivity contribution in [2.75, 3.05) is 33.1 Å². The van der Waals surface area contributed by atoms with E-state index in [9.17, 15) is 34.2 Å². The molecule has 2 aromatic carbocycles. The number of carbonyl (C=O) groups is 5. The van der Waals surface area contributed by atoms with E-state index in [2.05, 4.69) is 0 Å². The number of anilines is 1. The summed E-state index contributed by atoms with van der Waals surface area (Å²) in [6.07, 6.45) is 0.226. The summed E-state index contributed by atoms with van der Waals surface area (Å²) in [7, 11) is 6.96. The molecule has 39 heavy (non-hydrogen) atoms. The molecule has 6 atom stereocenters. The number of hydrogen-bond acceptors (Lipinski definition) is 9. The molecule has 2 aromatic rings. The minimum absolute atomic E-state index is 0.0125. The lowest BCUT2D eigenvalue weighted by Crippen LogP contribution is -2.74. The summed E-state index contributed by atoms with van der Waals surface area (Å²) in [5.41, 5.74) is 5.70. The molecule has 0 bridgehead atoms. The van der Waals surface area contributed by atoms with Crippen LogP contribution in [0.1, 0.15) is 22.3 Å². The van der Waals surface area contributed by atoms with Crippen LogP contribution in [0.4, 0.5) is 5.69 Å². The van der Waals surface area contributed by atoms with Gasteiger partial charge in [-0.05, 0) is 67.7 Å². The molecule has 10 nitrogen and oxygen atoms in total. The monoisotopic (exact) mass is 533 g/mol. The van der Waals surface area contributed by atoms with Gasteiger partial charge in [0.2, 0.25) is 5.91 Å². The lowest BCUT2D eigenvalue weighted by Gasteiger charge is -2.52. The number of nitrogens with two attached hydrogens (primary N) is 1. The maximum atomic E-state index is 13.9. The number of rotatable bonds is 4. The van der Waals surface area contributed by atoms with Crippen LogP contribution < -0.4 is 10.6 Å². The van der Waals surface area contributed by atoms with E-state index in [1.807, 2.05) is 43.3 Å². The Kier molecular flexibility index (Phi) is 6.23. The molecule has 10 heteroatoms. The molecule has 0 radical (unpaired) electrons. The van der Waals surface area contributed by atoms with Crippen molar-refractivity contribution in [3.05, 3.63) is 47.5 Å². The Morgan fingerprint density at radius 3 is 2.18 bits per heavy atom. The minimum atomic E-state index is -2.73. The average molecular weight is 534 g/mol. The van der Waals surface area contributed by atoms with Crippen LogP contribution in [-0.2, 0) is 25.6 Å². The maximum absolute atomic E-state index is 13.9. The average Bonchev–Trinajstić information content (AvgIpc) is 2.86. The zero-order valence-electron chi connectivity index (χ0n) is 22.2. The standard InChI is InChI=1S/C29H31N3O7/c1-31(2)15-7-5-13(6-8-15)16-9-10-19(33)21-17(16)11-14-12-18-23(32(3)4)25(35)22(28(30)38)27(37)29(18,39)26(36)20(14)24(21)34/h5-10,14,18,20,22-23,33,39H,11-12H2,1-4H3,(H2,30,38)/t14-,18-,20?,22?,23-,29-/m1/s1.